The Morgan fingerprint density at radius 1 is 1.24 bits per heavy atom. The van der Waals surface area contributed by atoms with Crippen LogP contribution in [0.15, 0.2) is 0 Å². The molecule has 1 aliphatic heterocycles. The van der Waals surface area contributed by atoms with Crippen LogP contribution in [0, 0.1) is 11.8 Å². The minimum Gasteiger partial charge on any atom is -0.481 e. The Hall–Kier alpha value is -0.490. The van der Waals surface area contributed by atoms with Crippen LogP contribution in [0.4, 0.5) is 13.2 Å². The van der Waals surface area contributed by atoms with Crippen molar-refractivity contribution in [2.24, 2.45) is 11.8 Å². The Morgan fingerprint density at radius 2 is 1.71 bits per heavy atom. The third-order valence-electron chi connectivity index (χ3n) is 3.01. The summed E-state index contributed by atoms with van der Waals surface area (Å²) in [4.78, 5) is 12.4. The SMILES string of the molecule is CC(C)(C)N1C[C@H](C(=O)O)[C@H](C(F)(F)F)C1.Cl. The lowest BCUT2D eigenvalue weighted by molar-refractivity contribution is -0.188. The lowest BCUT2D eigenvalue weighted by Gasteiger charge is -2.31. The quantitative estimate of drug-likeness (QED) is 0.799. The molecule has 0 saturated carbocycles. The molecule has 1 fully saturated rings. The Kier molecular flexibility index (Phi) is 4.87. The highest BCUT2D eigenvalue weighted by molar-refractivity contribution is 5.85. The zero-order valence-corrected chi connectivity index (χ0v) is 10.7. The van der Waals surface area contributed by atoms with Crippen molar-refractivity contribution in [3.05, 3.63) is 0 Å². The number of carbonyl (C=O) groups is 1. The number of hydrogen-bond donors (Lipinski definition) is 1. The normalized spacial score (nSPS) is 26.7. The number of alkyl halides is 3. The predicted octanol–water partition coefficient (Wildman–Crippen LogP) is 2.40. The van der Waals surface area contributed by atoms with Gasteiger partial charge in [0.2, 0.25) is 0 Å². The molecule has 0 amide bonds. The Balaban J connectivity index is 0.00000256. The molecular formula is C10H17ClF3NO2. The minimum absolute atomic E-state index is 0. The molecular weight excluding hydrogens is 259 g/mol. The van der Waals surface area contributed by atoms with Crippen molar-refractivity contribution in [1.82, 2.24) is 4.90 Å². The fourth-order valence-electron chi connectivity index (χ4n) is 1.93. The summed E-state index contributed by atoms with van der Waals surface area (Å²) in [5, 5.41) is 8.80. The van der Waals surface area contributed by atoms with Gasteiger partial charge in [0.05, 0.1) is 11.8 Å². The first-order valence-corrected chi connectivity index (χ1v) is 5.08. The number of carboxylic acids is 1. The molecule has 1 rings (SSSR count). The van der Waals surface area contributed by atoms with Crippen LogP contribution in [0.1, 0.15) is 20.8 Å². The van der Waals surface area contributed by atoms with Crippen molar-refractivity contribution in [2.45, 2.75) is 32.5 Å². The van der Waals surface area contributed by atoms with E-state index in [1.807, 2.05) is 0 Å². The fraction of sp³-hybridized carbons (Fsp3) is 0.900. The van der Waals surface area contributed by atoms with Gasteiger partial charge >= 0.3 is 12.1 Å². The molecule has 102 valence electrons. The second-order valence-electron chi connectivity index (χ2n) is 5.17. The first-order valence-electron chi connectivity index (χ1n) is 5.08. The zero-order valence-electron chi connectivity index (χ0n) is 9.91. The Morgan fingerprint density at radius 3 is 1.94 bits per heavy atom. The van der Waals surface area contributed by atoms with E-state index in [2.05, 4.69) is 0 Å². The standard InChI is InChI=1S/C10H16F3NO2.ClH/c1-9(2,3)14-4-6(8(15)16)7(5-14)10(11,12)13;/h6-7H,4-5H2,1-3H3,(H,15,16);1H/t6-,7+;/m0./s1. The Bertz CT molecular complexity index is 288. The van der Waals surface area contributed by atoms with Gasteiger partial charge < -0.3 is 5.11 Å². The van der Waals surface area contributed by atoms with Crippen molar-refractivity contribution < 1.29 is 23.1 Å². The molecule has 0 aromatic rings. The lowest BCUT2D eigenvalue weighted by atomic mass is 9.96. The molecule has 0 aromatic carbocycles. The van der Waals surface area contributed by atoms with Gasteiger partial charge in [0.1, 0.15) is 0 Å². The highest BCUT2D eigenvalue weighted by Gasteiger charge is 2.53. The van der Waals surface area contributed by atoms with E-state index < -0.39 is 29.5 Å². The summed E-state index contributed by atoms with van der Waals surface area (Å²) in [6, 6.07) is 0. The topological polar surface area (TPSA) is 40.5 Å². The first-order chi connectivity index (χ1) is 7.03. The number of halogens is 4. The van der Waals surface area contributed by atoms with Crippen molar-refractivity contribution in [2.75, 3.05) is 13.1 Å². The molecule has 1 saturated heterocycles. The van der Waals surface area contributed by atoms with Crippen LogP contribution in [0.25, 0.3) is 0 Å². The van der Waals surface area contributed by atoms with Crippen molar-refractivity contribution in [3.63, 3.8) is 0 Å². The van der Waals surface area contributed by atoms with Crippen LogP contribution in [0.3, 0.4) is 0 Å². The summed E-state index contributed by atoms with van der Waals surface area (Å²) in [6.45, 7) is 5.08. The van der Waals surface area contributed by atoms with E-state index in [9.17, 15) is 18.0 Å². The van der Waals surface area contributed by atoms with E-state index in [4.69, 9.17) is 5.11 Å². The predicted molar refractivity (Wildman–Crippen MR) is 59.2 cm³/mol. The molecule has 0 spiro atoms. The van der Waals surface area contributed by atoms with Crippen molar-refractivity contribution in [3.8, 4) is 0 Å². The monoisotopic (exact) mass is 275 g/mol. The second-order valence-corrected chi connectivity index (χ2v) is 5.17. The van der Waals surface area contributed by atoms with E-state index in [1.165, 1.54) is 0 Å². The van der Waals surface area contributed by atoms with Crippen molar-refractivity contribution in [1.29, 1.82) is 0 Å². The molecule has 1 aliphatic rings. The molecule has 0 bridgehead atoms. The summed E-state index contributed by atoms with van der Waals surface area (Å²) in [6.07, 6.45) is -4.44. The lowest BCUT2D eigenvalue weighted by Crippen LogP contribution is -2.40. The molecule has 1 heterocycles. The van der Waals surface area contributed by atoms with E-state index in [-0.39, 0.29) is 25.5 Å². The first kappa shape index (κ1) is 16.5. The molecule has 2 atom stereocenters. The number of aliphatic carboxylic acids is 1. The highest BCUT2D eigenvalue weighted by atomic mass is 35.5. The maximum atomic E-state index is 12.6. The largest absolute Gasteiger partial charge is 0.481 e. The van der Waals surface area contributed by atoms with Gasteiger partial charge in [-0.25, -0.2) is 0 Å². The number of carboxylic acid groups (broad SMARTS) is 1. The smallest absolute Gasteiger partial charge is 0.393 e. The summed E-state index contributed by atoms with van der Waals surface area (Å²) >= 11 is 0. The van der Waals surface area contributed by atoms with Crippen LogP contribution in [-0.2, 0) is 4.79 Å². The van der Waals surface area contributed by atoms with Gasteiger partial charge in [0.15, 0.2) is 0 Å². The van der Waals surface area contributed by atoms with E-state index >= 15 is 0 Å². The van der Waals surface area contributed by atoms with Crippen LogP contribution >= 0.6 is 12.4 Å². The number of hydrogen-bond acceptors (Lipinski definition) is 2. The van der Waals surface area contributed by atoms with Gasteiger partial charge in [0, 0.05) is 18.6 Å². The van der Waals surface area contributed by atoms with E-state index in [0.29, 0.717) is 0 Å². The van der Waals surface area contributed by atoms with E-state index in [1.54, 1.807) is 25.7 Å². The summed E-state index contributed by atoms with van der Waals surface area (Å²) in [5.41, 5.74) is -0.437. The van der Waals surface area contributed by atoms with Gasteiger partial charge in [-0.3, -0.25) is 9.69 Å². The molecule has 0 aromatic heterocycles. The summed E-state index contributed by atoms with van der Waals surface area (Å²) in [5.74, 6) is -4.47. The maximum absolute atomic E-state index is 12.6. The van der Waals surface area contributed by atoms with E-state index in [0.717, 1.165) is 0 Å². The van der Waals surface area contributed by atoms with Gasteiger partial charge in [-0.15, -0.1) is 12.4 Å². The molecule has 3 nitrogen and oxygen atoms in total. The zero-order chi connectivity index (χ0) is 12.7. The fourth-order valence-corrected chi connectivity index (χ4v) is 1.93. The number of nitrogens with zero attached hydrogens (tertiary/aromatic N) is 1. The van der Waals surface area contributed by atoms with Gasteiger partial charge in [0.25, 0.3) is 0 Å². The molecule has 17 heavy (non-hydrogen) atoms. The van der Waals surface area contributed by atoms with Crippen LogP contribution < -0.4 is 0 Å². The van der Waals surface area contributed by atoms with Gasteiger partial charge in [-0.1, -0.05) is 0 Å². The third-order valence-corrected chi connectivity index (χ3v) is 3.01. The van der Waals surface area contributed by atoms with Crippen LogP contribution in [-0.4, -0.2) is 40.8 Å². The van der Waals surface area contributed by atoms with Crippen LogP contribution in [0.5, 0.6) is 0 Å². The minimum atomic E-state index is -4.44. The van der Waals surface area contributed by atoms with Crippen LogP contribution in [0.2, 0.25) is 0 Å². The number of rotatable bonds is 1. The molecule has 1 N–H and O–H groups in total. The van der Waals surface area contributed by atoms with Gasteiger partial charge in [-0.05, 0) is 20.8 Å². The molecule has 0 aliphatic carbocycles. The third kappa shape index (κ3) is 3.74. The molecule has 0 radical (unpaired) electrons. The molecule has 7 heteroatoms. The highest BCUT2D eigenvalue weighted by Crippen LogP contribution is 2.39. The maximum Gasteiger partial charge on any atom is 0.393 e. The van der Waals surface area contributed by atoms with Crippen molar-refractivity contribution >= 4 is 18.4 Å². The average molecular weight is 276 g/mol. The number of likely N-dealkylation sites (tertiary alicyclic amines) is 1. The Labute approximate surface area is 104 Å². The molecule has 0 unspecified atom stereocenters. The summed E-state index contributed by atoms with van der Waals surface area (Å²) < 4.78 is 37.9. The summed E-state index contributed by atoms with van der Waals surface area (Å²) in [7, 11) is 0. The second kappa shape index (κ2) is 5.02. The average Bonchev–Trinajstić information content (AvgIpc) is 2.44. The van der Waals surface area contributed by atoms with Gasteiger partial charge in [-0.2, -0.15) is 13.2 Å².